The maximum atomic E-state index is 12.7. The lowest BCUT2D eigenvalue weighted by molar-refractivity contribution is -0.139. The second-order valence-corrected chi connectivity index (χ2v) is 8.55. The van der Waals surface area contributed by atoms with E-state index >= 15 is 0 Å². The Morgan fingerprint density at radius 3 is 2.50 bits per heavy atom. The molecule has 2 heterocycles. The number of likely N-dealkylation sites (tertiary alicyclic amines) is 1. The van der Waals surface area contributed by atoms with Crippen molar-refractivity contribution in [2.45, 2.75) is 31.7 Å². The number of nitrogens with zero attached hydrogens (tertiary/aromatic N) is 1. The Balaban J connectivity index is 0.00000408. The molecule has 2 saturated heterocycles. The molecule has 2 fully saturated rings. The van der Waals surface area contributed by atoms with Crippen molar-refractivity contribution in [1.82, 2.24) is 20.9 Å². The van der Waals surface area contributed by atoms with Crippen LogP contribution in [0.5, 0.6) is 0 Å². The zero-order valence-electron chi connectivity index (χ0n) is 19.1. The number of hydrogen-bond acceptors (Lipinski definition) is 5. The number of aliphatic carboxylic acids is 1. The van der Waals surface area contributed by atoms with Gasteiger partial charge in [0.15, 0.2) is 0 Å². The molecule has 186 valence electrons. The molecule has 1 aromatic rings. The molecule has 0 aliphatic carbocycles. The lowest BCUT2D eigenvalue weighted by Crippen LogP contribution is -2.51. The second kappa shape index (κ2) is 13.7. The van der Waals surface area contributed by atoms with E-state index < -0.39 is 23.8 Å². The van der Waals surface area contributed by atoms with Crippen molar-refractivity contribution < 1.29 is 24.3 Å². The zero-order valence-corrected chi connectivity index (χ0v) is 19.9. The third-order valence-electron chi connectivity index (χ3n) is 6.12. The van der Waals surface area contributed by atoms with Crippen LogP contribution in [0.25, 0.3) is 0 Å². The van der Waals surface area contributed by atoms with Crippen LogP contribution < -0.4 is 16.0 Å². The van der Waals surface area contributed by atoms with Gasteiger partial charge in [0.05, 0.1) is 5.92 Å². The lowest BCUT2D eigenvalue weighted by Gasteiger charge is -2.31. The van der Waals surface area contributed by atoms with Crippen LogP contribution in [0.15, 0.2) is 42.5 Å². The minimum Gasteiger partial charge on any atom is -0.480 e. The number of allylic oxidation sites excluding steroid dienone is 1. The van der Waals surface area contributed by atoms with Crippen molar-refractivity contribution in [3.05, 3.63) is 48.0 Å². The Hall–Kier alpha value is -2.91. The maximum Gasteiger partial charge on any atom is 0.328 e. The molecular weight excluding hydrogens is 460 g/mol. The molecule has 2 atom stereocenters. The number of piperidine rings is 2. The summed E-state index contributed by atoms with van der Waals surface area (Å²) in [6, 6.07) is 7.04. The Bertz CT molecular complexity index is 873. The smallest absolute Gasteiger partial charge is 0.328 e. The Labute approximate surface area is 205 Å². The molecule has 9 nitrogen and oxygen atoms in total. The normalized spacial score (nSPS) is 19.6. The fourth-order valence-corrected chi connectivity index (χ4v) is 4.13. The van der Waals surface area contributed by atoms with Gasteiger partial charge >= 0.3 is 5.97 Å². The van der Waals surface area contributed by atoms with Crippen LogP contribution in [0.3, 0.4) is 0 Å². The van der Waals surface area contributed by atoms with Gasteiger partial charge in [0.25, 0.3) is 5.91 Å². The van der Waals surface area contributed by atoms with Gasteiger partial charge in [-0.3, -0.25) is 14.4 Å². The molecule has 3 amide bonds. The number of hydrogen-bond donors (Lipinski definition) is 4. The Kier molecular flexibility index (Phi) is 11.0. The van der Waals surface area contributed by atoms with E-state index in [9.17, 15) is 24.3 Å². The van der Waals surface area contributed by atoms with Gasteiger partial charge in [-0.25, -0.2) is 4.79 Å². The largest absolute Gasteiger partial charge is 0.480 e. The van der Waals surface area contributed by atoms with Crippen LogP contribution in [-0.4, -0.2) is 72.5 Å². The van der Waals surface area contributed by atoms with E-state index in [1.54, 1.807) is 41.3 Å². The standard InChI is InChI=1S/C24H32N4O5.ClH/c29-21(9-8-17-10-12-25-13-11-17)28-14-4-7-19(16-28)22(30)26-15-20(24(32)33)27-23(31)18-5-2-1-3-6-18;/h1-3,5-6,8-9,17,19-20,25H,4,7,10-16H2,(H,26,30)(H,27,31)(H,32,33);1H/b9-8+;/t19-,20?;/m1./s1. The van der Waals surface area contributed by atoms with Crippen LogP contribution in [0.2, 0.25) is 0 Å². The number of carboxylic acid groups (broad SMARTS) is 1. The summed E-state index contributed by atoms with van der Waals surface area (Å²) in [4.78, 5) is 50.8. The predicted molar refractivity (Wildman–Crippen MR) is 130 cm³/mol. The summed E-state index contributed by atoms with van der Waals surface area (Å²) in [5, 5.41) is 17.8. The van der Waals surface area contributed by atoms with Gasteiger partial charge in [-0.15, -0.1) is 12.4 Å². The number of benzene rings is 1. The zero-order chi connectivity index (χ0) is 23.6. The molecule has 3 rings (SSSR count). The van der Waals surface area contributed by atoms with Crippen molar-refractivity contribution in [3.63, 3.8) is 0 Å². The highest BCUT2D eigenvalue weighted by molar-refractivity contribution is 5.96. The molecule has 34 heavy (non-hydrogen) atoms. The van der Waals surface area contributed by atoms with E-state index in [0.717, 1.165) is 25.9 Å². The summed E-state index contributed by atoms with van der Waals surface area (Å²) in [5.74, 6) is -2.16. The van der Waals surface area contributed by atoms with Crippen LogP contribution in [0.4, 0.5) is 0 Å². The average Bonchev–Trinajstić information content (AvgIpc) is 2.85. The summed E-state index contributed by atoms with van der Waals surface area (Å²) in [7, 11) is 0. The first kappa shape index (κ1) is 27.3. The summed E-state index contributed by atoms with van der Waals surface area (Å²) in [5.41, 5.74) is 0.342. The Morgan fingerprint density at radius 2 is 1.82 bits per heavy atom. The number of halogens is 1. The quantitative estimate of drug-likeness (QED) is 0.404. The van der Waals surface area contributed by atoms with Crippen molar-refractivity contribution in [2.24, 2.45) is 11.8 Å². The minimum absolute atomic E-state index is 0. The molecule has 4 N–H and O–H groups in total. The average molecular weight is 493 g/mol. The van der Waals surface area contributed by atoms with Gasteiger partial charge < -0.3 is 26.0 Å². The molecular formula is C24H33ClN4O5. The van der Waals surface area contributed by atoms with Crippen molar-refractivity contribution in [3.8, 4) is 0 Å². The van der Waals surface area contributed by atoms with Crippen LogP contribution >= 0.6 is 12.4 Å². The minimum atomic E-state index is -1.25. The summed E-state index contributed by atoms with van der Waals surface area (Å²) in [6.07, 6.45) is 6.95. The monoisotopic (exact) mass is 492 g/mol. The predicted octanol–water partition coefficient (Wildman–Crippen LogP) is 1.20. The summed E-state index contributed by atoms with van der Waals surface area (Å²) < 4.78 is 0. The molecule has 10 heteroatoms. The third kappa shape index (κ3) is 8.14. The van der Waals surface area contributed by atoms with Gasteiger partial charge in [0.2, 0.25) is 11.8 Å². The fraction of sp³-hybridized carbons (Fsp3) is 0.500. The topological polar surface area (TPSA) is 128 Å². The van der Waals surface area contributed by atoms with Crippen LogP contribution in [-0.2, 0) is 14.4 Å². The molecule has 2 aliphatic rings. The number of carboxylic acids is 1. The summed E-state index contributed by atoms with van der Waals surface area (Å²) in [6.45, 7) is 2.59. The number of rotatable bonds is 8. The second-order valence-electron chi connectivity index (χ2n) is 8.55. The van der Waals surface area contributed by atoms with E-state index in [1.807, 2.05) is 6.08 Å². The van der Waals surface area contributed by atoms with E-state index in [-0.39, 0.29) is 30.8 Å². The lowest BCUT2D eigenvalue weighted by atomic mass is 9.96. The van der Waals surface area contributed by atoms with E-state index in [1.165, 1.54) is 0 Å². The molecule has 0 radical (unpaired) electrons. The van der Waals surface area contributed by atoms with E-state index in [2.05, 4.69) is 16.0 Å². The molecule has 1 aromatic carbocycles. The van der Waals surface area contributed by atoms with Crippen LogP contribution in [0, 0.1) is 11.8 Å². The summed E-state index contributed by atoms with van der Waals surface area (Å²) >= 11 is 0. The SMILES string of the molecule is Cl.O=C(NC(CNC(=O)[C@@H]1CCCN(C(=O)/C=C/C2CCNCC2)C1)C(=O)O)c1ccccc1. The first-order chi connectivity index (χ1) is 15.9. The Morgan fingerprint density at radius 1 is 1.12 bits per heavy atom. The number of carbonyl (C=O) groups excluding carboxylic acids is 3. The highest BCUT2D eigenvalue weighted by Crippen LogP contribution is 2.18. The van der Waals surface area contributed by atoms with Crippen LogP contribution in [0.1, 0.15) is 36.0 Å². The first-order valence-corrected chi connectivity index (χ1v) is 11.5. The van der Waals surface area contributed by atoms with Gasteiger partial charge in [0, 0.05) is 25.2 Å². The fourth-order valence-electron chi connectivity index (χ4n) is 4.13. The van der Waals surface area contributed by atoms with E-state index in [0.29, 0.717) is 37.4 Å². The van der Waals surface area contributed by atoms with Crippen molar-refractivity contribution in [2.75, 3.05) is 32.7 Å². The molecule has 0 aromatic heterocycles. The number of amides is 3. The maximum absolute atomic E-state index is 12.7. The molecule has 0 spiro atoms. The van der Waals surface area contributed by atoms with Crippen molar-refractivity contribution >= 4 is 36.1 Å². The highest BCUT2D eigenvalue weighted by Gasteiger charge is 2.29. The molecule has 1 unspecified atom stereocenters. The van der Waals surface area contributed by atoms with Gasteiger partial charge in [-0.1, -0.05) is 24.3 Å². The van der Waals surface area contributed by atoms with Gasteiger partial charge in [-0.05, 0) is 62.9 Å². The number of nitrogens with one attached hydrogen (secondary N) is 3. The number of carbonyl (C=O) groups is 4. The van der Waals surface area contributed by atoms with Gasteiger partial charge in [-0.2, -0.15) is 0 Å². The van der Waals surface area contributed by atoms with E-state index in [4.69, 9.17) is 0 Å². The molecule has 0 bridgehead atoms. The molecule has 2 aliphatic heterocycles. The first-order valence-electron chi connectivity index (χ1n) is 11.5. The highest BCUT2D eigenvalue weighted by atomic mass is 35.5. The van der Waals surface area contributed by atoms with Gasteiger partial charge in [0.1, 0.15) is 6.04 Å². The molecule has 0 saturated carbocycles. The van der Waals surface area contributed by atoms with Crippen molar-refractivity contribution in [1.29, 1.82) is 0 Å². The third-order valence-corrected chi connectivity index (χ3v) is 6.12.